The zero-order valence-corrected chi connectivity index (χ0v) is 14.4. The van der Waals surface area contributed by atoms with Gasteiger partial charge in [-0.05, 0) is 5.56 Å². The molecule has 8 nitrogen and oxygen atoms in total. The van der Waals surface area contributed by atoms with Crippen LogP contribution in [-0.2, 0) is 14.4 Å². The van der Waals surface area contributed by atoms with Crippen LogP contribution in [0, 0.1) is 0 Å². The number of carbonyl (C=O) groups excluding carboxylic acids is 2. The van der Waals surface area contributed by atoms with Gasteiger partial charge in [0.25, 0.3) is 5.91 Å². The lowest BCUT2D eigenvalue weighted by Crippen LogP contribution is -2.70. The number of carboxylic acids is 1. The lowest BCUT2D eigenvalue weighted by molar-refractivity contribution is -0.150. The highest BCUT2D eigenvalue weighted by Gasteiger charge is 2.54. The molecule has 25 heavy (non-hydrogen) atoms. The fourth-order valence-electron chi connectivity index (χ4n) is 2.64. The van der Waals surface area contributed by atoms with Gasteiger partial charge in [-0.3, -0.25) is 14.5 Å². The second-order valence-corrected chi connectivity index (χ2v) is 6.90. The van der Waals surface area contributed by atoms with Crippen molar-refractivity contribution in [3.8, 4) is 0 Å². The van der Waals surface area contributed by atoms with Crippen molar-refractivity contribution in [2.75, 3.05) is 5.75 Å². The van der Waals surface area contributed by atoms with Crippen LogP contribution in [0.3, 0.4) is 0 Å². The van der Waals surface area contributed by atoms with Crippen molar-refractivity contribution in [1.82, 2.24) is 10.2 Å². The molecule has 2 aliphatic heterocycles. The molecule has 2 heterocycles. The second-order valence-electron chi connectivity index (χ2n) is 5.34. The number of nitrogens with two attached hydrogens (primary N) is 1. The number of amides is 2. The molecule has 1 aromatic rings. The molecule has 1 aromatic carbocycles. The standard InChI is InChI=1S/C15H14ClN3O4S.H2O/c16-8-6-24-14-10(13(21)19(14)11(8)15(22)23)18-12(20)9(17)7-4-2-1-3-5-7;/h1-5,9-10,14H,6,17H2,(H,18,20)(H,22,23);1H2/t9-,10-,14-;/m0./s1. The Balaban J connectivity index is 0.00000225. The molecule has 0 radical (unpaired) electrons. The smallest absolute Gasteiger partial charge is 0.353 e. The molecule has 10 heteroatoms. The number of fused-ring (bicyclic) bond motifs is 1. The van der Waals surface area contributed by atoms with Crippen molar-refractivity contribution < 1.29 is 25.0 Å². The number of carbonyl (C=O) groups is 3. The van der Waals surface area contributed by atoms with E-state index in [1.807, 2.05) is 6.07 Å². The number of hydrogen-bond donors (Lipinski definition) is 3. The largest absolute Gasteiger partial charge is 0.477 e. The summed E-state index contributed by atoms with van der Waals surface area (Å²) in [5, 5.41) is 11.4. The van der Waals surface area contributed by atoms with Crippen LogP contribution in [-0.4, -0.2) is 50.4 Å². The van der Waals surface area contributed by atoms with Crippen LogP contribution in [0.4, 0.5) is 0 Å². The quantitative estimate of drug-likeness (QED) is 0.612. The highest BCUT2D eigenvalue weighted by atomic mass is 35.5. The molecule has 2 aliphatic rings. The van der Waals surface area contributed by atoms with Gasteiger partial charge in [0.2, 0.25) is 5.91 Å². The number of hydrogen-bond acceptors (Lipinski definition) is 5. The normalized spacial score (nSPS) is 23.1. The first-order valence-corrected chi connectivity index (χ1v) is 8.52. The Morgan fingerprint density at radius 1 is 1.36 bits per heavy atom. The van der Waals surface area contributed by atoms with Gasteiger partial charge in [-0.25, -0.2) is 4.79 Å². The molecule has 3 atom stereocenters. The summed E-state index contributed by atoms with van der Waals surface area (Å²) in [6.45, 7) is 0. The van der Waals surface area contributed by atoms with Gasteiger partial charge in [-0.1, -0.05) is 41.9 Å². The summed E-state index contributed by atoms with van der Waals surface area (Å²) in [7, 11) is 0. The maximum absolute atomic E-state index is 12.3. The number of β-lactam (4-membered cyclic amide) rings is 1. The van der Waals surface area contributed by atoms with E-state index in [4.69, 9.17) is 17.3 Å². The van der Waals surface area contributed by atoms with E-state index in [9.17, 15) is 19.5 Å². The van der Waals surface area contributed by atoms with E-state index in [1.54, 1.807) is 24.3 Å². The first-order valence-electron chi connectivity index (χ1n) is 7.09. The summed E-state index contributed by atoms with van der Waals surface area (Å²) in [6, 6.07) is 7.07. The van der Waals surface area contributed by atoms with Crippen LogP contribution < -0.4 is 11.1 Å². The topological polar surface area (TPSA) is 144 Å². The van der Waals surface area contributed by atoms with Crippen LogP contribution in [0.5, 0.6) is 0 Å². The first kappa shape index (κ1) is 19.3. The molecular formula is C15H16ClN3O5S. The Bertz CT molecular complexity index is 742. The van der Waals surface area contributed by atoms with Gasteiger partial charge in [0, 0.05) is 5.75 Å². The first-order chi connectivity index (χ1) is 11.4. The number of thioether (sulfide) groups is 1. The number of aliphatic carboxylic acids is 1. The van der Waals surface area contributed by atoms with E-state index in [0.717, 1.165) is 4.90 Å². The van der Waals surface area contributed by atoms with E-state index < -0.39 is 35.2 Å². The third kappa shape index (κ3) is 3.36. The Kier molecular flexibility index (Phi) is 5.73. The van der Waals surface area contributed by atoms with Gasteiger partial charge in [0.1, 0.15) is 23.2 Å². The average molecular weight is 386 g/mol. The summed E-state index contributed by atoms with van der Waals surface area (Å²) in [5.74, 6) is -1.98. The molecule has 6 N–H and O–H groups in total. The monoisotopic (exact) mass is 385 g/mol. The van der Waals surface area contributed by atoms with Crippen molar-refractivity contribution in [2.24, 2.45) is 5.73 Å². The van der Waals surface area contributed by atoms with Crippen molar-refractivity contribution in [3.05, 3.63) is 46.6 Å². The molecule has 134 valence electrons. The Labute approximate surface area is 152 Å². The molecule has 1 fully saturated rings. The summed E-state index contributed by atoms with van der Waals surface area (Å²) >= 11 is 7.20. The van der Waals surface area contributed by atoms with Crippen LogP contribution >= 0.6 is 23.4 Å². The van der Waals surface area contributed by atoms with Crippen molar-refractivity contribution >= 4 is 41.1 Å². The van der Waals surface area contributed by atoms with Gasteiger partial charge in [0.05, 0.1) is 5.03 Å². The van der Waals surface area contributed by atoms with E-state index in [-0.39, 0.29) is 22.0 Å². The molecule has 0 bridgehead atoms. The molecule has 0 saturated carbocycles. The minimum Gasteiger partial charge on any atom is -0.477 e. The number of carboxylic acid groups (broad SMARTS) is 1. The van der Waals surface area contributed by atoms with Crippen molar-refractivity contribution in [3.63, 3.8) is 0 Å². The lowest BCUT2D eigenvalue weighted by atomic mass is 10.0. The van der Waals surface area contributed by atoms with Gasteiger partial charge in [-0.15, -0.1) is 11.8 Å². The Morgan fingerprint density at radius 3 is 2.60 bits per heavy atom. The van der Waals surface area contributed by atoms with Crippen LogP contribution in [0.15, 0.2) is 41.1 Å². The average Bonchev–Trinajstić information content (AvgIpc) is 2.59. The van der Waals surface area contributed by atoms with E-state index in [0.29, 0.717) is 5.56 Å². The maximum atomic E-state index is 12.3. The van der Waals surface area contributed by atoms with Crippen molar-refractivity contribution in [1.29, 1.82) is 0 Å². The predicted molar refractivity (Wildman–Crippen MR) is 92.5 cm³/mol. The fourth-order valence-corrected chi connectivity index (χ4v) is 4.19. The Hall–Kier alpha value is -2.07. The molecule has 0 aliphatic carbocycles. The highest BCUT2D eigenvalue weighted by molar-refractivity contribution is 8.00. The van der Waals surface area contributed by atoms with E-state index in [1.165, 1.54) is 11.8 Å². The molecule has 1 saturated heterocycles. The van der Waals surface area contributed by atoms with Crippen LogP contribution in [0.1, 0.15) is 11.6 Å². The lowest BCUT2D eigenvalue weighted by Gasteiger charge is -2.48. The minimum absolute atomic E-state index is 0. The van der Waals surface area contributed by atoms with Gasteiger partial charge in [-0.2, -0.15) is 0 Å². The van der Waals surface area contributed by atoms with E-state index >= 15 is 0 Å². The highest BCUT2D eigenvalue weighted by Crippen LogP contribution is 2.41. The number of benzene rings is 1. The zero-order valence-electron chi connectivity index (χ0n) is 12.8. The second kappa shape index (κ2) is 7.44. The number of halogens is 1. The third-order valence-corrected chi connectivity index (χ3v) is 5.61. The van der Waals surface area contributed by atoms with Crippen molar-refractivity contribution in [2.45, 2.75) is 17.5 Å². The van der Waals surface area contributed by atoms with Crippen LogP contribution in [0.2, 0.25) is 0 Å². The molecule has 3 rings (SSSR count). The summed E-state index contributed by atoms with van der Waals surface area (Å²) in [6.07, 6.45) is 0. The molecule has 2 amide bonds. The SMILES string of the molecule is N[C@H](C(=O)N[C@H]1C(=O)N2C(C(=O)O)=C(Cl)CS[C@@H]12)c1ccccc1.O. The van der Waals surface area contributed by atoms with Gasteiger partial charge < -0.3 is 21.6 Å². The van der Waals surface area contributed by atoms with Gasteiger partial charge in [0.15, 0.2) is 0 Å². The molecule has 0 unspecified atom stereocenters. The summed E-state index contributed by atoms with van der Waals surface area (Å²) in [4.78, 5) is 36.9. The number of rotatable bonds is 4. The van der Waals surface area contributed by atoms with Crippen LogP contribution in [0.25, 0.3) is 0 Å². The number of nitrogens with zero attached hydrogens (tertiary/aromatic N) is 1. The third-order valence-electron chi connectivity index (χ3n) is 3.86. The summed E-state index contributed by atoms with van der Waals surface area (Å²) < 4.78 is 0. The fraction of sp³-hybridized carbons (Fsp3) is 0.267. The minimum atomic E-state index is -1.26. The molecular weight excluding hydrogens is 370 g/mol. The Morgan fingerprint density at radius 2 is 2.00 bits per heavy atom. The van der Waals surface area contributed by atoms with Gasteiger partial charge >= 0.3 is 5.97 Å². The summed E-state index contributed by atoms with van der Waals surface area (Å²) in [5.41, 5.74) is 6.32. The number of nitrogens with one attached hydrogen (secondary N) is 1. The van der Waals surface area contributed by atoms with E-state index in [2.05, 4.69) is 5.32 Å². The zero-order chi connectivity index (χ0) is 17.4. The predicted octanol–water partition coefficient (Wildman–Crippen LogP) is -0.203. The molecule has 0 spiro atoms. The maximum Gasteiger partial charge on any atom is 0.353 e. The molecule has 0 aromatic heterocycles.